The highest BCUT2D eigenvalue weighted by Gasteiger charge is 2.03. The molecule has 0 amide bonds. The van der Waals surface area contributed by atoms with Crippen molar-refractivity contribution in [1.29, 1.82) is 0 Å². The number of rotatable bonds is 4. The molecule has 0 radical (unpaired) electrons. The molecule has 92 valence electrons. The van der Waals surface area contributed by atoms with Gasteiger partial charge in [0.2, 0.25) is 0 Å². The average Bonchev–Trinajstić information content (AvgIpc) is 2.97. The first-order valence-electron chi connectivity index (χ1n) is 5.40. The Labute approximate surface area is 113 Å². The first kappa shape index (κ1) is 11.5. The number of imidazole rings is 1. The first-order valence-corrected chi connectivity index (χ1v) is 6.81. The highest BCUT2D eigenvalue weighted by Crippen LogP contribution is 2.15. The molecule has 0 aliphatic carbocycles. The predicted octanol–water partition coefficient (Wildman–Crippen LogP) is 3.11. The SMILES string of the molecule is ClCc1ccc(OCc2cn3ccsc3n2)cn1. The molecular weight excluding hydrogens is 270 g/mol. The number of fused-ring (bicyclic) bond motifs is 1. The third kappa shape index (κ3) is 2.32. The van der Waals surface area contributed by atoms with Crippen molar-refractivity contribution in [3.63, 3.8) is 0 Å². The number of thiazole rings is 1. The lowest BCUT2D eigenvalue weighted by Gasteiger charge is -2.03. The van der Waals surface area contributed by atoms with E-state index in [2.05, 4.69) is 9.97 Å². The Morgan fingerprint density at radius 1 is 1.33 bits per heavy atom. The smallest absolute Gasteiger partial charge is 0.193 e. The molecule has 0 aliphatic heterocycles. The molecule has 6 heteroatoms. The van der Waals surface area contributed by atoms with Gasteiger partial charge in [-0.1, -0.05) is 0 Å². The van der Waals surface area contributed by atoms with Crippen LogP contribution in [0.4, 0.5) is 0 Å². The summed E-state index contributed by atoms with van der Waals surface area (Å²) < 4.78 is 7.60. The zero-order valence-electron chi connectivity index (χ0n) is 9.41. The fourth-order valence-corrected chi connectivity index (χ4v) is 2.46. The Bertz CT molecular complexity index is 618. The first-order chi connectivity index (χ1) is 8.85. The van der Waals surface area contributed by atoms with Crippen molar-refractivity contribution in [2.75, 3.05) is 0 Å². The fourth-order valence-electron chi connectivity index (χ4n) is 1.58. The van der Waals surface area contributed by atoms with E-state index in [1.54, 1.807) is 17.5 Å². The van der Waals surface area contributed by atoms with Gasteiger partial charge in [0.25, 0.3) is 0 Å². The second kappa shape index (κ2) is 4.96. The van der Waals surface area contributed by atoms with Crippen LogP contribution in [0, 0.1) is 0 Å². The van der Waals surface area contributed by atoms with Gasteiger partial charge in [-0.2, -0.15) is 0 Å². The third-order valence-electron chi connectivity index (χ3n) is 2.46. The Morgan fingerprint density at radius 3 is 3.00 bits per heavy atom. The van der Waals surface area contributed by atoms with E-state index >= 15 is 0 Å². The quantitative estimate of drug-likeness (QED) is 0.689. The van der Waals surface area contributed by atoms with Crippen LogP contribution in [-0.2, 0) is 12.5 Å². The Hall–Kier alpha value is -1.59. The standard InChI is InChI=1S/C12H10ClN3OS/c13-5-9-1-2-11(6-14-9)17-8-10-7-16-3-4-18-12(16)15-10/h1-4,6-7H,5,8H2. The molecule has 0 saturated heterocycles. The Morgan fingerprint density at radius 2 is 2.28 bits per heavy atom. The summed E-state index contributed by atoms with van der Waals surface area (Å²) >= 11 is 7.27. The van der Waals surface area contributed by atoms with E-state index < -0.39 is 0 Å². The number of ether oxygens (including phenoxy) is 1. The Balaban J connectivity index is 1.68. The summed E-state index contributed by atoms with van der Waals surface area (Å²) in [7, 11) is 0. The van der Waals surface area contributed by atoms with Crippen LogP contribution in [0.15, 0.2) is 36.1 Å². The van der Waals surface area contributed by atoms with Crippen molar-refractivity contribution in [1.82, 2.24) is 14.4 Å². The lowest BCUT2D eigenvalue weighted by Crippen LogP contribution is -1.96. The summed E-state index contributed by atoms with van der Waals surface area (Å²) in [5.74, 6) is 1.14. The van der Waals surface area contributed by atoms with E-state index in [-0.39, 0.29) is 0 Å². The van der Waals surface area contributed by atoms with Crippen molar-refractivity contribution in [2.45, 2.75) is 12.5 Å². The molecule has 3 aromatic heterocycles. The molecule has 3 heterocycles. The van der Waals surface area contributed by atoms with Crippen LogP contribution >= 0.6 is 22.9 Å². The number of pyridine rings is 1. The molecule has 3 rings (SSSR count). The van der Waals surface area contributed by atoms with Crippen LogP contribution in [0.2, 0.25) is 0 Å². The molecule has 0 saturated carbocycles. The van der Waals surface area contributed by atoms with Crippen LogP contribution in [-0.4, -0.2) is 14.4 Å². The summed E-state index contributed by atoms with van der Waals surface area (Å²) in [5.41, 5.74) is 1.75. The van der Waals surface area contributed by atoms with Gasteiger partial charge in [-0.15, -0.1) is 22.9 Å². The lowest BCUT2D eigenvalue weighted by molar-refractivity contribution is 0.300. The minimum atomic E-state index is 0.414. The van der Waals surface area contributed by atoms with Gasteiger partial charge in [0.15, 0.2) is 4.96 Å². The molecule has 0 fully saturated rings. The minimum Gasteiger partial charge on any atom is -0.486 e. The molecule has 0 aromatic carbocycles. The number of halogens is 1. The second-order valence-corrected chi connectivity index (χ2v) is 4.87. The molecule has 0 unspecified atom stereocenters. The van der Waals surface area contributed by atoms with Crippen LogP contribution < -0.4 is 4.74 Å². The van der Waals surface area contributed by atoms with Gasteiger partial charge in [0.1, 0.15) is 12.4 Å². The van der Waals surface area contributed by atoms with E-state index in [9.17, 15) is 0 Å². The molecule has 4 nitrogen and oxygen atoms in total. The fraction of sp³-hybridized carbons (Fsp3) is 0.167. The molecule has 3 aromatic rings. The average molecular weight is 280 g/mol. The number of hydrogen-bond acceptors (Lipinski definition) is 4. The summed E-state index contributed by atoms with van der Waals surface area (Å²) in [5, 5.41) is 2.00. The molecule has 0 atom stereocenters. The van der Waals surface area contributed by atoms with Crippen molar-refractivity contribution in [3.8, 4) is 5.75 Å². The normalized spacial score (nSPS) is 10.9. The Kier molecular flexibility index (Phi) is 3.17. The zero-order valence-corrected chi connectivity index (χ0v) is 11.0. The van der Waals surface area contributed by atoms with Gasteiger partial charge in [-0.3, -0.25) is 9.38 Å². The van der Waals surface area contributed by atoms with E-state index in [4.69, 9.17) is 16.3 Å². The van der Waals surface area contributed by atoms with Crippen molar-refractivity contribution in [3.05, 3.63) is 47.5 Å². The van der Waals surface area contributed by atoms with Gasteiger partial charge in [0, 0.05) is 17.8 Å². The number of alkyl halides is 1. The number of nitrogens with zero attached hydrogens (tertiary/aromatic N) is 3. The lowest BCUT2D eigenvalue weighted by atomic mass is 10.4. The van der Waals surface area contributed by atoms with Crippen molar-refractivity contribution in [2.24, 2.45) is 0 Å². The summed E-state index contributed by atoms with van der Waals surface area (Å²) in [6.45, 7) is 0.441. The number of aromatic nitrogens is 3. The van der Waals surface area contributed by atoms with E-state index in [1.807, 2.05) is 34.3 Å². The minimum absolute atomic E-state index is 0.414. The maximum absolute atomic E-state index is 5.67. The summed E-state index contributed by atoms with van der Waals surface area (Å²) in [4.78, 5) is 9.57. The molecule has 0 bridgehead atoms. The topological polar surface area (TPSA) is 39.4 Å². The van der Waals surface area contributed by atoms with Gasteiger partial charge >= 0.3 is 0 Å². The maximum atomic E-state index is 5.67. The van der Waals surface area contributed by atoms with Crippen LogP contribution in [0.1, 0.15) is 11.4 Å². The molecule has 18 heavy (non-hydrogen) atoms. The van der Waals surface area contributed by atoms with E-state index in [0.717, 1.165) is 22.1 Å². The molecular formula is C12H10ClN3OS. The molecule has 0 N–H and O–H groups in total. The molecule has 0 aliphatic rings. The highest BCUT2D eigenvalue weighted by atomic mass is 35.5. The van der Waals surface area contributed by atoms with Crippen molar-refractivity contribution < 1.29 is 4.74 Å². The van der Waals surface area contributed by atoms with Crippen molar-refractivity contribution >= 4 is 27.9 Å². The predicted molar refractivity (Wildman–Crippen MR) is 71.2 cm³/mol. The summed E-state index contributed by atoms with van der Waals surface area (Å²) in [6, 6.07) is 3.72. The second-order valence-electron chi connectivity index (χ2n) is 3.73. The van der Waals surface area contributed by atoms with Crippen LogP contribution in [0.5, 0.6) is 5.75 Å². The van der Waals surface area contributed by atoms with Gasteiger partial charge in [0.05, 0.1) is 23.5 Å². The van der Waals surface area contributed by atoms with Gasteiger partial charge < -0.3 is 4.74 Å². The monoisotopic (exact) mass is 279 g/mol. The van der Waals surface area contributed by atoms with Gasteiger partial charge in [-0.25, -0.2) is 4.98 Å². The van der Waals surface area contributed by atoms with Gasteiger partial charge in [-0.05, 0) is 12.1 Å². The molecule has 0 spiro atoms. The largest absolute Gasteiger partial charge is 0.486 e. The highest BCUT2D eigenvalue weighted by molar-refractivity contribution is 7.15. The van der Waals surface area contributed by atoms with E-state index in [0.29, 0.717) is 12.5 Å². The number of hydrogen-bond donors (Lipinski definition) is 0. The third-order valence-corrected chi connectivity index (χ3v) is 3.51. The maximum Gasteiger partial charge on any atom is 0.193 e. The zero-order chi connectivity index (χ0) is 12.4. The summed E-state index contributed by atoms with van der Waals surface area (Å²) in [6.07, 6.45) is 5.62. The van der Waals surface area contributed by atoms with Crippen LogP contribution in [0.25, 0.3) is 4.96 Å². The van der Waals surface area contributed by atoms with E-state index in [1.165, 1.54) is 0 Å². The van der Waals surface area contributed by atoms with Crippen LogP contribution in [0.3, 0.4) is 0 Å².